The second-order valence-electron chi connectivity index (χ2n) is 35.1. The van der Waals surface area contributed by atoms with E-state index in [9.17, 15) is 61.3 Å². The molecule has 0 radical (unpaired) electrons. The number of aliphatic hydroxyl groups excluding tert-OH is 12. The minimum atomic E-state index is -0.413. The van der Waals surface area contributed by atoms with Gasteiger partial charge in [0.25, 0.3) is 0 Å². The van der Waals surface area contributed by atoms with Crippen LogP contribution in [-0.4, -0.2) is 138 Å². The average Bonchev–Trinajstić information content (AvgIpc) is 0.892. The standard InChI is InChI=1S/6C17H26O3/c4*1-2-5-17(19)14-7-4-9-16(11-14)20-12-13-6-3-8-15(18)10-13;2*1-2-6-16(18)13-8-5-9-15(11-13)20-12-14-7-3-4-10-17(14)19/h4*4,7,9,11,13,15,17-19H,2-3,5-6,8,10,12H2,1H3;2*5,8-9,11,14,16-19H,2-4,6-7,10,12H2,1H3/t13-,15+,17+;13-,15+,17-;13-,15-,17+;13-,15-,17-;14-,16+,17-;14-,16-,17+/m010101/s1. The summed E-state index contributed by atoms with van der Waals surface area (Å²) in [5.41, 5.74) is 5.52. The Kier molecular flexibility index (Phi) is 48.6. The Hall–Kier alpha value is -6.36. The highest BCUT2D eigenvalue weighted by Crippen LogP contribution is 2.35. The van der Waals surface area contributed by atoms with Crippen molar-refractivity contribution in [1.29, 1.82) is 0 Å². The van der Waals surface area contributed by atoms with Crippen LogP contribution in [0.5, 0.6) is 34.5 Å². The number of aliphatic hydroxyl groups is 12. The molecule has 12 rings (SSSR count). The number of hydrogen-bond acceptors (Lipinski definition) is 18. The first-order chi connectivity index (χ1) is 58.1. The summed E-state index contributed by atoms with van der Waals surface area (Å²) in [6.45, 7) is 16.2. The highest BCUT2D eigenvalue weighted by molar-refractivity contribution is 5.34. The molecule has 0 bridgehead atoms. The summed E-state index contributed by atoms with van der Waals surface area (Å²) in [5, 5.41) is 119. The van der Waals surface area contributed by atoms with Crippen molar-refractivity contribution in [1.82, 2.24) is 0 Å². The van der Waals surface area contributed by atoms with Gasteiger partial charge in [0.1, 0.15) is 34.5 Å². The molecule has 6 aromatic rings. The van der Waals surface area contributed by atoms with E-state index in [2.05, 4.69) is 41.5 Å². The molecular formula is C102H156O18. The van der Waals surface area contributed by atoms with Crippen molar-refractivity contribution in [2.24, 2.45) is 35.5 Å². The molecule has 6 aliphatic rings. The number of rotatable bonds is 36. The van der Waals surface area contributed by atoms with Crippen LogP contribution in [0.15, 0.2) is 146 Å². The predicted molar refractivity (Wildman–Crippen MR) is 479 cm³/mol. The summed E-state index contributed by atoms with van der Waals surface area (Å²) in [4.78, 5) is 0. The van der Waals surface area contributed by atoms with Gasteiger partial charge in [0.2, 0.25) is 0 Å². The van der Waals surface area contributed by atoms with Crippen LogP contribution < -0.4 is 28.4 Å². The van der Waals surface area contributed by atoms with E-state index in [1.54, 1.807) is 0 Å². The quantitative estimate of drug-likeness (QED) is 0.0174. The molecule has 0 spiro atoms. The third kappa shape index (κ3) is 38.8. The van der Waals surface area contributed by atoms with Gasteiger partial charge in [-0.15, -0.1) is 0 Å². The first-order valence-corrected chi connectivity index (χ1v) is 46.7. The molecule has 18 heteroatoms. The smallest absolute Gasteiger partial charge is 0.119 e. The van der Waals surface area contributed by atoms with Crippen LogP contribution >= 0.6 is 0 Å². The summed E-state index contributed by atoms with van der Waals surface area (Å²) in [7, 11) is 0. The molecule has 672 valence electrons. The second-order valence-corrected chi connectivity index (χ2v) is 35.1. The van der Waals surface area contributed by atoms with Gasteiger partial charge in [0.05, 0.1) is 113 Å². The first-order valence-electron chi connectivity index (χ1n) is 46.7. The normalized spacial score (nSPS) is 24.4. The topological polar surface area (TPSA) is 298 Å². The molecular weight excluding hydrogens is 1510 g/mol. The van der Waals surface area contributed by atoms with Gasteiger partial charge in [-0.05, 0) is 271 Å². The van der Waals surface area contributed by atoms with Crippen molar-refractivity contribution in [3.8, 4) is 34.5 Å². The average molecular weight is 1670 g/mol. The molecule has 6 aromatic carbocycles. The zero-order valence-corrected chi connectivity index (χ0v) is 73.8. The summed E-state index contributed by atoms with van der Waals surface area (Å²) in [5.74, 6) is 7.12. The predicted octanol–water partition coefficient (Wildman–Crippen LogP) is 20.7. The second kappa shape index (κ2) is 58.0. The van der Waals surface area contributed by atoms with E-state index in [1.807, 2.05) is 146 Å². The fourth-order valence-electron chi connectivity index (χ4n) is 17.2. The highest BCUT2D eigenvalue weighted by atomic mass is 16.5. The number of benzene rings is 6. The summed E-state index contributed by atoms with van der Waals surface area (Å²) in [6, 6.07) is 46.3. The third-order valence-electron chi connectivity index (χ3n) is 24.5. The van der Waals surface area contributed by atoms with E-state index in [0.717, 1.165) is 286 Å². The zero-order chi connectivity index (χ0) is 86.2. The van der Waals surface area contributed by atoms with Gasteiger partial charge >= 0.3 is 0 Å². The van der Waals surface area contributed by atoms with Gasteiger partial charge in [0, 0.05) is 11.8 Å². The Morgan fingerprint density at radius 2 is 0.433 bits per heavy atom. The van der Waals surface area contributed by atoms with Crippen LogP contribution in [0.25, 0.3) is 0 Å². The number of ether oxygens (including phenoxy) is 6. The van der Waals surface area contributed by atoms with Crippen LogP contribution in [0.4, 0.5) is 0 Å². The van der Waals surface area contributed by atoms with Gasteiger partial charge in [-0.2, -0.15) is 0 Å². The van der Waals surface area contributed by atoms with Crippen molar-refractivity contribution >= 4 is 0 Å². The lowest BCUT2D eigenvalue weighted by molar-refractivity contribution is 0.0419. The van der Waals surface area contributed by atoms with Crippen LogP contribution in [-0.2, 0) is 0 Å². The van der Waals surface area contributed by atoms with E-state index >= 15 is 0 Å². The maximum atomic E-state index is 10.0. The Balaban J connectivity index is 0.000000198. The fourth-order valence-corrected chi connectivity index (χ4v) is 17.2. The van der Waals surface area contributed by atoms with Crippen molar-refractivity contribution in [2.45, 2.75) is 346 Å². The Morgan fingerprint density at radius 1 is 0.242 bits per heavy atom. The van der Waals surface area contributed by atoms with E-state index in [0.29, 0.717) is 63.3 Å². The third-order valence-corrected chi connectivity index (χ3v) is 24.5. The molecule has 120 heavy (non-hydrogen) atoms. The van der Waals surface area contributed by atoms with Crippen molar-refractivity contribution in [3.63, 3.8) is 0 Å². The van der Waals surface area contributed by atoms with Crippen LogP contribution in [0.1, 0.15) is 343 Å². The van der Waals surface area contributed by atoms with Crippen molar-refractivity contribution in [2.75, 3.05) is 39.6 Å². The molecule has 0 aromatic heterocycles. The first kappa shape index (κ1) is 101. The maximum Gasteiger partial charge on any atom is 0.119 e. The molecule has 18 nitrogen and oxygen atoms in total. The Labute approximate surface area is 720 Å². The molecule has 6 aliphatic carbocycles. The Morgan fingerprint density at radius 3 is 0.617 bits per heavy atom. The lowest BCUT2D eigenvalue weighted by atomic mass is 9.87. The van der Waals surface area contributed by atoms with Gasteiger partial charge in [-0.1, -0.05) is 204 Å². The van der Waals surface area contributed by atoms with Crippen LogP contribution in [0.2, 0.25) is 0 Å². The zero-order valence-electron chi connectivity index (χ0n) is 73.8. The van der Waals surface area contributed by atoms with Crippen LogP contribution in [0, 0.1) is 35.5 Å². The van der Waals surface area contributed by atoms with Crippen molar-refractivity contribution < 1.29 is 89.7 Å². The molecule has 0 heterocycles. The highest BCUT2D eigenvalue weighted by Gasteiger charge is 2.28. The molecule has 6 fully saturated rings. The summed E-state index contributed by atoms with van der Waals surface area (Å²) in [6.07, 6.45) is 31.3. The maximum absolute atomic E-state index is 10.0. The Bertz CT molecular complexity index is 3240. The molecule has 12 N–H and O–H groups in total. The van der Waals surface area contributed by atoms with E-state index in [4.69, 9.17) is 28.4 Å². The van der Waals surface area contributed by atoms with E-state index in [-0.39, 0.29) is 48.5 Å². The van der Waals surface area contributed by atoms with Gasteiger partial charge in [-0.3, -0.25) is 0 Å². The molecule has 0 unspecified atom stereocenters. The lowest BCUT2D eigenvalue weighted by Gasteiger charge is -2.27. The van der Waals surface area contributed by atoms with E-state index in [1.165, 1.54) is 12.8 Å². The summed E-state index contributed by atoms with van der Waals surface area (Å²) < 4.78 is 35.0. The molecule has 0 saturated heterocycles. The monoisotopic (exact) mass is 1670 g/mol. The molecule has 6 saturated carbocycles. The van der Waals surface area contributed by atoms with Gasteiger partial charge in [0.15, 0.2) is 0 Å². The lowest BCUT2D eigenvalue weighted by Crippen LogP contribution is -2.29. The number of hydrogen-bond donors (Lipinski definition) is 12. The largest absolute Gasteiger partial charge is 0.493 e. The van der Waals surface area contributed by atoms with Gasteiger partial charge < -0.3 is 89.7 Å². The van der Waals surface area contributed by atoms with E-state index < -0.39 is 36.6 Å². The molecule has 18 atom stereocenters. The molecule has 0 amide bonds. The minimum absolute atomic E-state index is 0.157. The SMILES string of the molecule is CCC[C@@H](O)c1cccc(OC[C@@H]2CCCC[C@@H]2O)c1.CCC[C@@H](O)c1cccc(OC[C@@H]2CCC[C@@H](O)C2)c1.CCC[C@@H](O)c1cccc(OC[C@@H]2CCC[C@H](O)C2)c1.CCC[C@@H](O)c1cccc(OC[C@H]2CCCC[C@@H]2O)c1.CCC[C@@H](O)c1cccc(OC[C@H]2CCC[C@@H](O)C2)c1.CCC[C@@H](O)c1cccc(OC[C@H]2CCC[C@H](O)C2)c1. The minimum Gasteiger partial charge on any atom is -0.493 e. The summed E-state index contributed by atoms with van der Waals surface area (Å²) >= 11 is 0. The molecule has 0 aliphatic heterocycles. The fraction of sp³-hybridized carbons (Fsp3) is 0.647. The van der Waals surface area contributed by atoms with Gasteiger partial charge in [-0.25, -0.2) is 0 Å². The van der Waals surface area contributed by atoms with Crippen LogP contribution in [0.3, 0.4) is 0 Å². The van der Waals surface area contributed by atoms with Crippen molar-refractivity contribution in [3.05, 3.63) is 179 Å².